The lowest BCUT2D eigenvalue weighted by Gasteiger charge is -2.16. The topological polar surface area (TPSA) is 168 Å². The highest BCUT2D eigenvalue weighted by atomic mass is 16.6. The first-order chi connectivity index (χ1) is 12.8. The molecule has 27 heavy (non-hydrogen) atoms. The lowest BCUT2D eigenvalue weighted by Crippen LogP contribution is -2.27. The van der Waals surface area contributed by atoms with E-state index in [1.165, 1.54) is 18.2 Å². The van der Waals surface area contributed by atoms with Gasteiger partial charge in [-0.3, -0.25) is 19.7 Å². The third kappa shape index (κ3) is 8.06. The van der Waals surface area contributed by atoms with Crippen molar-refractivity contribution >= 4 is 17.6 Å². The van der Waals surface area contributed by atoms with Crippen LogP contribution in [-0.2, 0) is 9.59 Å². The second kappa shape index (κ2) is 11.3. The number of rotatable bonds is 12. The summed E-state index contributed by atoms with van der Waals surface area (Å²) in [5.74, 6) is -0.900. The van der Waals surface area contributed by atoms with Crippen LogP contribution in [0.25, 0.3) is 10.4 Å². The maximum absolute atomic E-state index is 11.9. The number of aliphatic carboxylic acids is 1. The van der Waals surface area contributed by atoms with E-state index in [0.717, 1.165) is 0 Å². The Morgan fingerprint density at radius 3 is 2.78 bits per heavy atom. The second-order valence-corrected chi connectivity index (χ2v) is 5.67. The highest BCUT2D eigenvalue weighted by Gasteiger charge is 2.21. The molecule has 0 bridgehead atoms. The number of azide groups is 1. The minimum absolute atomic E-state index is 0.0395. The Labute approximate surface area is 155 Å². The number of carboxylic acids is 1. The number of ether oxygens (including phenoxy) is 1. The first-order valence-corrected chi connectivity index (χ1v) is 8.28. The molecule has 1 unspecified atom stereocenters. The molecule has 0 aliphatic carbocycles. The smallest absolute Gasteiger partial charge is 0.303 e. The van der Waals surface area contributed by atoms with Gasteiger partial charge in [-0.05, 0) is 37.4 Å². The van der Waals surface area contributed by atoms with Crippen molar-refractivity contribution in [1.29, 1.82) is 0 Å². The quantitative estimate of drug-likeness (QED) is 0.141. The van der Waals surface area contributed by atoms with Gasteiger partial charge in [-0.2, -0.15) is 0 Å². The Morgan fingerprint density at radius 1 is 1.41 bits per heavy atom. The summed E-state index contributed by atoms with van der Waals surface area (Å²) < 4.78 is 5.43. The lowest BCUT2D eigenvalue weighted by atomic mass is 10.1. The second-order valence-electron chi connectivity index (χ2n) is 5.67. The summed E-state index contributed by atoms with van der Waals surface area (Å²) in [6.07, 6.45) is 0.765. The van der Waals surface area contributed by atoms with Crippen molar-refractivity contribution in [1.82, 2.24) is 5.32 Å². The number of nitro groups is 1. The Balaban J connectivity index is 2.77. The molecule has 1 aromatic rings. The molecular formula is C16H21N5O6. The van der Waals surface area contributed by atoms with E-state index in [4.69, 9.17) is 15.4 Å². The van der Waals surface area contributed by atoms with Crippen LogP contribution in [0.5, 0.6) is 5.75 Å². The fraction of sp³-hybridized carbons (Fsp3) is 0.500. The minimum Gasteiger partial charge on any atom is -0.494 e. The zero-order valence-corrected chi connectivity index (χ0v) is 14.8. The number of hydrogen-bond acceptors (Lipinski definition) is 6. The van der Waals surface area contributed by atoms with E-state index in [0.29, 0.717) is 18.6 Å². The van der Waals surface area contributed by atoms with E-state index in [9.17, 15) is 19.7 Å². The summed E-state index contributed by atoms with van der Waals surface area (Å²) >= 11 is 0. The number of nitrogens with one attached hydrogen (secondary N) is 1. The number of benzene rings is 1. The SMILES string of the molecule is CC(NC(=O)CCCN=[N+]=[N-])c1cc(OCCCC(=O)O)ccc1[N+](=O)[O-]. The van der Waals surface area contributed by atoms with Crippen LogP contribution in [-0.4, -0.2) is 35.1 Å². The normalized spacial score (nSPS) is 11.1. The van der Waals surface area contributed by atoms with E-state index in [-0.39, 0.29) is 43.2 Å². The number of carbonyl (C=O) groups is 2. The number of amides is 1. The van der Waals surface area contributed by atoms with Gasteiger partial charge >= 0.3 is 5.97 Å². The molecule has 11 heteroatoms. The third-order valence-corrected chi connectivity index (χ3v) is 3.57. The monoisotopic (exact) mass is 379 g/mol. The van der Waals surface area contributed by atoms with E-state index in [2.05, 4.69) is 15.3 Å². The predicted octanol–water partition coefficient (Wildman–Crippen LogP) is 3.11. The number of carboxylic acid groups (broad SMARTS) is 1. The average Bonchev–Trinajstić information content (AvgIpc) is 2.62. The third-order valence-electron chi connectivity index (χ3n) is 3.57. The molecule has 0 aromatic heterocycles. The van der Waals surface area contributed by atoms with Crippen LogP contribution in [0.3, 0.4) is 0 Å². The molecule has 0 spiro atoms. The highest BCUT2D eigenvalue weighted by molar-refractivity contribution is 5.76. The predicted molar refractivity (Wildman–Crippen MR) is 95.3 cm³/mol. The van der Waals surface area contributed by atoms with Gasteiger partial charge in [-0.15, -0.1) is 0 Å². The van der Waals surface area contributed by atoms with Crippen LogP contribution in [0.4, 0.5) is 5.69 Å². The van der Waals surface area contributed by atoms with Gasteiger partial charge in [0.05, 0.1) is 23.1 Å². The first kappa shape index (κ1) is 21.7. The summed E-state index contributed by atoms with van der Waals surface area (Å²) in [4.78, 5) is 35.7. The minimum atomic E-state index is -0.931. The maximum atomic E-state index is 11.9. The molecule has 0 fully saturated rings. The standard InChI is InChI=1S/C16H21N5O6/c1-11(19-15(22)4-2-8-18-20-17)13-10-12(6-7-14(13)21(25)26)27-9-3-5-16(23)24/h6-7,10-11H,2-5,8-9H2,1H3,(H,19,22)(H,23,24). The van der Waals surface area contributed by atoms with Crippen molar-refractivity contribution in [3.05, 3.63) is 44.3 Å². The number of nitro benzene ring substituents is 1. The molecule has 1 atom stereocenters. The van der Waals surface area contributed by atoms with Crippen molar-refractivity contribution in [2.24, 2.45) is 5.11 Å². The Bertz CT molecular complexity index is 732. The van der Waals surface area contributed by atoms with Gasteiger partial charge in [0, 0.05) is 30.4 Å². The lowest BCUT2D eigenvalue weighted by molar-refractivity contribution is -0.385. The van der Waals surface area contributed by atoms with Gasteiger partial charge in [0.25, 0.3) is 5.69 Å². The van der Waals surface area contributed by atoms with Gasteiger partial charge in [0.2, 0.25) is 5.91 Å². The molecule has 0 saturated heterocycles. The van der Waals surface area contributed by atoms with E-state index < -0.39 is 16.9 Å². The van der Waals surface area contributed by atoms with Gasteiger partial charge in [0.15, 0.2) is 0 Å². The average molecular weight is 379 g/mol. The molecule has 0 heterocycles. The molecule has 1 rings (SSSR count). The van der Waals surface area contributed by atoms with Crippen LogP contribution >= 0.6 is 0 Å². The summed E-state index contributed by atoms with van der Waals surface area (Å²) in [6.45, 7) is 1.96. The van der Waals surface area contributed by atoms with Gasteiger partial charge in [-0.1, -0.05) is 5.11 Å². The molecular weight excluding hydrogens is 358 g/mol. The molecule has 0 saturated carbocycles. The molecule has 146 valence electrons. The summed E-state index contributed by atoms with van der Waals surface area (Å²) in [5, 5.41) is 25.8. The molecule has 0 aliphatic rings. The van der Waals surface area contributed by atoms with E-state index in [1.54, 1.807) is 6.92 Å². The number of carbonyl (C=O) groups excluding carboxylic acids is 1. The van der Waals surface area contributed by atoms with Crippen LogP contribution in [0.2, 0.25) is 0 Å². The van der Waals surface area contributed by atoms with Crippen molar-refractivity contribution in [3.63, 3.8) is 0 Å². The Hall–Kier alpha value is -3.33. The van der Waals surface area contributed by atoms with Crippen molar-refractivity contribution in [3.8, 4) is 5.75 Å². The number of hydrogen-bond donors (Lipinski definition) is 2. The summed E-state index contributed by atoms with van der Waals surface area (Å²) in [6, 6.07) is 3.53. The molecule has 1 aromatic carbocycles. The molecule has 0 radical (unpaired) electrons. The van der Waals surface area contributed by atoms with Crippen LogP contribution in [0.15, 0.2) is 23.3 Å². The van der Waals surface area contributed by atoms with Crippen LogP contribution in [0, 0.1) is 10.1 Å². The van der Waals surface area contributed by atoms with Gasteiger partial charge in [0.1, 0.15) is 5.75 Å². The van der Waals surface area contributed by atoms with Crippen LogP contribution in [0.1, 0.15) is 44.2 Å². The fourth-order valence-corrected chi connectivity index (χ4v) is 2.30. The Kier molecular flexibility index (Phi) is 9.10. The van der Waals surface area contributed by atoms with Crippen molar-refractivity contribution < 1.29 is 24.4 Å². The largest absolute Gasteiger partial charge is 0.494 e. The maximum Gasteiger partial charge on any atom is 0.303 e. The van der Waals surface area contributed by atoms with Crippen molar-refractivity contribution in [2.75, 3.05) is 13.2 Å². The summed E-state index contributed by atoms with van der Waals surface area (Å²) in [5.41, 5.74) is 8.31. The van der Waals surface area contributed by atoms with E-state index in [1.807, 2.05) is 0 Å². The molecule has 2 N–H and O–H groups in total. The number of nitrogens with zero attached hydrogens (tertiary/aromatic N) is 4. The Morgan fingerprint density at radius 2 is 2.15 bits per heavy atom. The molecule has 11 nitrogen and oxygen atoms in total. The van der Waals surface area contributed by atoms with E-state index >= 15 is 0 Å². The van der Waals surface area contributed by atoms with Gasteiger partial charge in [-0.25, -0.2) is 0 Å². The zero-order valence-electron chi connectivity index (χ0n) is 14.8. The molecule has 1 amide bonds. The summed E-state index contributed by atoms with van der Waals surface area (Å²) in [7, 11) is 0. The van der Waals surface area contributed by atoms with Gasteiger partial charge < -0.3 is 15.2 Å². The van der Waals surface area contributed by atoms with Crippen molar-refractivity contribution in [2.45, 2.75) is 38.6 Å². The first-order valence-electron chi connectivity index (χ1n) is 8.28. The van der Waals surface area contributed by atoms with Crippen LogP contribution < -0.4 is 10.1 Å². The fourth-order valence-electron chi connectivity index (χ4n) is 2.30. The highest BCUT2D eigenvalue weighted by Crippen LogP contribution is 2.29. The molecule has 0 aliphatic heterocycles. The zero-order chi connectivity index (χ0) is 20.2.